The zero-order valence-electron chi connectivity index (χ0n) is 9.79. The average molecular weight is 256 g/mol. The Morgan fingerprint density at radius 3 is 2.72 bits per heavy atom. The van der Waals surface area contributed by atoms with Crippen molar-refractivity contribution in [2.45, 2.75) is 6.54 Å². The molecule has 1 aliphatic rings. The minimum Gasteiger partial charge on any atom is -0.378 e. The van der Waals surface area contributed by atoms with Gasteiger partial charge in [0.05, 0.1) is 13.2 Å². The number of halogens is 2. The zero-order valence-corrected chi connectivity index (χ0v) is 9.79. The number of carbonyl (C=O) groups excluding carboxylic acids is 1. The smallest absolute Gasteiger partial charge is 0.317 e. The van der Waals surface area contributed by atoms with E-state index in [9.17, 15) is 13.6 Å². The fourth-order valence-corrected chi connectivity index (χ4v) is 1.71. The monoisotopic (exact) mass is 256 g/mol. The number of nitrogens with zero attached hydrogens (tertiary/aromatic N) is 1. The molecule has 6 heteroatoms. The van der Waals surface area contributed by atoms with E-state index >= 15 is 0 Å². The molecule has 0 radical (unpaired) electrons. The van der Waals surface area contributed by atoms with Crippen LogP contribution in [0.15, 0.2) is 18.2 Å². The molecule has 1 heterocycles. The van der Waals surface area contributed by atoms with Crippen LogP contribution in [-0.4, -0.2) is 37.2 Å². The van der Waals surface area contributed by atoms with Crippen molar-refractivity contribution in [2.24, 2.45) is 0 Å². The van der Waals surface area contributed by atoms with Gasteiger partial charge in [0, 0.05) is 31.3 Å². The molecule has 98 valence electrons. The van der Waals surface area contributed by atoms with Gasteiger partial charge in [-0.05, 0) is 6.07 Å². The molecule has 0 aliphatic carbocycles. The van der Waals surface area contributed by atoms with Gasteiger partial charge in [-0.15, -0.1) is 0 Å². The van der Waals surface area contributed by atoms with Gasteiger partial charge in [0.2, 0.25) is 0 Å². The Kier molecular flexibility index (Phi) is 4.09. The van der Waals surface area contributed by atoms with Crippen LogP contribution in [0.5, 0.6) is 0 Å². The molecule has 1 aromatic rings. The molecule has 1 saturated heterocycles. The Labute approximate surface area is 104 Å². The van der Waals surface area contributed by atoms with Gasteiger partial charge in [-0.25, -0.2) is 13.6 Å². The molecule has 0 bridgehead atoms. The number of carbonyl (C=O) groups is 1. The van der Waals surface area contributed by atoms with E-state index in [2.05, 4.69) is 5.32 Å². The summed E-state index contributed by atoms with van der Waals surface area (Å²) in [6.07, 6.45) is 0. The molecule has 1 N–H and O–H groups in total. The molecule has 18 heavy (non-hydrogen) atoms. The second-order valence-electron chi connectivity index (χ2n) is 3.99. The van der Waals surface area contributed by atoms with Crippen molar-refractivity contribution in [1.82, 2.24) is 10.2 Å². The lowest BCUT2D eigenvalue weighted by atomic mass is 10.2. The average Bonchev–Trinajstić information content (AvgIpc) is 2.38. The summed E-state index contributed by atoms with van der Waals surface area (Å²) in [5.74, 6) is -1.28. The maximum Gasteiger partial charge on any atom is 0.317 e. The number of urea groups is 1. The second-order valence-corrected chi connectivity index (χ2v) is 3.99. The number of benzene rings is 1. The molecule has 0 aromatic heterocycles. The highest BCUT2D eigenvalue weighted by Crippen LogP contribution is 2.09. The first-order valence-corrected chi connectivity index (χ1v) is 5.71. The maximum absolute atomic E-state index is 13.3. The number of amides is 2. The number of morpholine rings is 1. The lowest BCUT2D eigenvalue weighted by molar-refractivity contribution is 0.0531. The van der Waals surface area contributed by atoms with Crippen molar-refractivity contribution >= 4 is 6.03 Å². The summed E-state index contributed by atoms with van der Waals surface area (Å²) in [6.45, 7) is 2.12. The molecular formula is C12H14F2N2O2. The molecule has 0 unspecified atom stereocenters. The topological polar surface area (TPSA) is 41.6 Å². The fraction of sp³-hybridized carbons (Fsp3) is 0.417. The van der Waals surface area contributed by atoms with Gasteiger partial charge in [0.25, 0.3) is 0 Å². The van der Waals surface area contributed by atoms with E-state index in [-0.39, 0.29) is 18.1 Å². The third-order valence-electron chi connectivity index (χ3n) is 2.74. The van der Waals surface area contributed by atoms with Crippen LogP contribution in [-0.2, 0) is 11.3 Å². The second kappa shape index (κ2) is 5.77. The Hall–Kier alpha value is -1.69. The van der Waals surface area contributed by atoms with Gasteiger partial charge in [-0.1, -0.05) is 6.07 Å². The maximum atomic E-state index is 13.3. The fourth-order valence-electron chi connectivity index (χ4n) is 1.71. The van der Waals surface area contributed by atoms with E-state index in [1.165, 1.54) is 12.1 Å². The SMILES string of the molecule is O=C(NCc1ccc(F)cc1F)N1CCOCC1. The summed E-state index contributed by atoms with van der Waals surface area (Å²) < 4.78 is 31.1. The summed E-state index contributed by atoms with van der Waals surface area (Å²) in [7, 11) is 0. The van der Waals surface area contributed by atoms with Gasteiger partial charge in [0.1, 0.15) is 11.6 Å². The number of hydrogen-bond acceptors (Lipinski definition) is 2. The van der Waals surface area contributed by atoms with Crippen LogP contribution in [0.1, 0.15) is 5.56 Å². The number of ether oxygens (including phenoxy) is 1. The van der Waals surface area contributed by atoms with Crippen LogP contribution in [0.3, 0.4) is 0 Å². The first kappa shape index (κ1) is 12.8. The normalized spacial score (nSPS) is 15.6. The van der Waals surface area contributed by atoms with Gasteiger partial charge in [-0.3, -0.25) is 0 Å². The summed E-state index contributed by atoms with van der Waals surface area (Å²) in [5.41, 5.74) is 0.262. The van der Waals surface area contributed by atoms with E-state index in [0.717, 1.165) is 6.07 Å². The highest BCUT2D eigenvalue weighted by molar-refractivity contribution is 5.74. The van der Waals surface area contributed by atoms with Crippen LogP contribution in [0.25, 0.3) is 0 Å². The van der Waals surface area contributed by atoms with Crippen LogP contribution in [0, 0.1) is 11.6 Å². The van der Waals surface area contributed by atoms with Gasteiger partial charge in [-0.2, -0.15) is 0 Å². The molecule has 0 atom stereocenters. The molecule has 2 rings (SSSR count). The molecule has 1 aliphatic heterocycles. The minimum atomic E-state index is -0.655. The summed E-state index contributed by atoms with van der Waals surface area (Å²) >= 11 is 0. The van der Waals surface area contributed by atoms with Gasteiger partial charge in [0.15, 0.2) is 0 Å². The van der Waals surface area contributed by atoms with Crippen LogP contribution in [0.4, 0.5) is 13.6 Å². The van der Waals surface area contributed by atoms with Crippen molar-refractivity contribution in [3.63, 3.8) is 0 Å². The predicted octanol–water partition coefficient (Wildman–Crippen LogP) is 1.51. The Bertz CT molecular complexity index is 434. The van der Waals surface area contributed by atoms with Crippen molar-refractivity contribution < 1.29 is 18.3 Å². The summed E-state index contributed by atoms with van der Waals surface area (Å²) in [6, 6.07) is 3.03. The lowest BCUT2D eigenvalue weighted by Gasteiger charge is -2.26. The Balaban J connectivity index is 1.88. The number of rotatable bonds is 2. The van der Waals surface area contributed by atoms with E-state index < -0.39 is 11.6 Å². The summed E-state index contributed by atoms with van der Waals surface area (Å²) in [4.78, 5) is 13.3. The molecule has 0 saturated carbocycles. The van der Waals surface area contributed by atoms with Crippen molar-refractivity contribution in [2.75, 3.05) is 26.3 Å². The lowest BCUT2D eigenvalue weighted by Crippen LogP contribution is -2.45. The van der Waals surface area contributed by atoms with Crippen LogP contribution >= 0.6 is 0 Å². The van der Waals surface area contributed by atoms with Crippen molar-refractivity contribution in [3.8, 4) is 0 Å². The minimum absolute atomic E-state index is 0.0440. The van der Waals surface area contributed by atoms with E-state index in [0.29, 0.717) is 26.3 Å². The largest absolute Gasteiger partial charge is 0.378 e. The first-order valence-electron chi connectivity index (χ1n) is 5.71. The molecule has 2 amide bonds. The van der Waals surface area contributed by atoms with Gasteiger partial charge < -0.3 is 15.0 Å². The number of nitrogens with one attached hydrogen (secondary N) is 1. The summed E-state index contributed by atoms with van der Waals surface area (Å²) in [5, 5.41) is 2.60. The molecule has 4 nitrogen and oxygen atoms in total. The molecular weight excluding hydrogens is 242 g/mol. The highest BCUT2D eigenvalue weighted by Gasteiger charge is 2.16. The zero-order chi connectivity index (χ0) is 13.0. The van der Waals surface area contributed by atoms with Crippen molar-refractivity contribution in [3.05, 3.63) is 35.4 Å². The van der Waals surface area contributed by atoms with Gasteiger partial charge >= 0.3 is 6.03 Å². The quantitative estimate of drug-likeness (QED) is 0.871. The first-order chi connectivity index (χ1) is 8.66. The van der Waals surface area contributed by atoms with Crippen LogP contribution in [0.2, 0.25) is 0 Å². The highest BCUT2D eigenvalue weighted by atomic mass is 19.1. The number of hydrogen-bond donors (Lipinski definition) is 1. The van der Waals surface area contributed by atoms with E-state index in [1.807, 2.05) is 0 Å². The third-order valence-corrected chi connectivity index (χ3v) is 2.74. The van der Waals surface area contributed by atoms with Crippen molar-refractivity contribution in [1.29, 1.82) is 0 Å². The molecule has 0 spiro atoms. The third kappa shape index (κ3) is 3.16. The molecule has 1 fully saturated rings. The Morgan fingerprint density at radius 2 is 2.06 bits per heavy atom. The van der Waals surface area contributed by atoms with Crippen LogP contribution < -0.4 is 5.32 Å². The standard InChI is InChI=1S/C12H14F2N2O2/c13-10-2-1-9(11(14)7-10)8-15-12(17)16-3-5-18-6-4-16/h1-2,7H,3-6,8H2,(H,15,17). The van der Waals surface area contributed by atoms with E-state index in [4.69, 9.17) is 4.74 Å². The van der Waals surface area contributed by atoms with E-state index in [1.54, 1.807) is 4.90 Å². The Morgan fingerprint density at radius 1 is 1.33 bits per heavy atom. The predicted molar refractivity (Wildman–Crippen MR) is 61.0 cm³/mol. The molecule has 1 aromatic carbocycles.